The Labute approximate surface area is 217 Å². The average Bonchev–Trinajstić information content (AvgIpc) is 3.47. The fourth-order valence-electron chi connectivity index (χ4n) is 3.50. The molecule has 0 aliphatic carbocycles. The van der Waals surface area contributed by atoms with Crippen LogP contribution in [-0.2, 0) is 4.79 Å². The average molecular weight is 518 g/mol. The van der Waals surface area contributed by atoms with Gasteiger partial charge in [0.15, 0.2) is 0 Å². The Kier molecular flexibility index (Phi) is 8.10. The number of methoxy groups -OCH3 is 3. The van der Waals surface area contributed by atoms with Crippen molar-refractivity contribution in [2.45, 2.75) is 5.03 Å². The maximum absolute atomic E-state index is 12.8. The Morgan fingerprint density at radius 2 is 1.78 bits per heavy atom. The molecule has 0 aliphatic rings. The van der Waals surface area contributed by atoms with Gasteiger partial charge in [-0.25, -0.2) is 4.98 Å². The number of nitrogens with zero attached hydrogens (tertiary/aromatic N) is 2. The third kappa shape index (κ3) is 5.62. The van der Waals surface area contributed by atoms with Crippen molar-refractivity contribution in [3.05, 3.63) is 71.6 Å². The molecule has 0 radical (unpaired) electrons. The van der Waals surface area contributed by atoms with E-state index in [4.69, 9.17) is 19.2 Å². The van der Waals surface area contributed by atoms with Crippen LogP contribution in [0.3, 0.4) is 0 Å². The number of pyridine rings is 1. The van der Waals surface area contributed by atoms with Crippen LogP contribution >= 0.6 is 23.1 Å². The molecule has 4 aromatic rings. The SMILES string of the molecule is COc1ccc(-c2cc(-c3cccs3)nc(SCC(=O)Nc3ccc(OC)cc3OC)c2C#N)cc1. The number of aromatic nitrogens is 1. The van der Waals surface area contributed by atoms with Gasteiger partial charge in [-0.2, -0.15) is 5.26 Å². The summed E-state index contributed by atoms with van der Waals surface area (Å²) in [6.07, 6.45) is 0. The summed E-state index contributed by atoms with van der Waals surface area (Å²) in [7, 11) is 4.70. The Balaban J connectivity index is 1.63. The number of anilines is 1. The lowest BCUT2D eigenvalue weighted by molar-refractivity contribution is -0.113. The number of ether oxygens (including phenoxy) is 3. The minimum absolute atomic E-state index is 0.0623. The van der Waals surface area contributed by atoms with Gasteiger partial charge in [0.25, 0.3) is 0 Å². The highest BCUT2D eigenvalue weighted by Crippen LogP contribution is 2.36. The molecule has 9 heteroatoms. The molecule has 2 aromatic carbocycles. The van der Waals surface area contributed by atoms with Gasteiger partial charge in [-0.3, -0.25) is 4.79 Å². The van der Waals surface area contributed by atoms with Gasteiger partial charge >= 0.3 is 0 Å². The highest BCUT2D eigenvalue weighted by molar-refractivity contribution is 8.00. The first-order chi connectivity index (χ1) is 17.6. The minimum atomic E-state index is -0.248. The summed E-state index contributed by atoms with van der Waals surface area (Å²) < 4.78 is 15.8. The number of carbonyl (C=O) groups excluding carboxylic acids is 1. The first-order valence-corrected chi connectivity index (χ1v) is 12.7. The predicted molar refractivity (Wildman–Crippen MR) is 143 cm³/mol. The zero-order valence-corrected chi connectivity index (χ0v) is 21.5. The van der Waals surface area contributed by atoms with Gasteiger partial charge < -0.3 is 19.5 Å². The summed E-state index contributed by atoms with van der Waals surface area (Å²) >= 11 is 2.78. The molecule has 0 fully saturated rings. The van der Waals surface area contributed by atoms with Crippen molar-refractivity contribution in [3.8, 4) is 45.0 Å². The molecule has 0 spiro atoms. The third-order valence-electron chi connectivity index (χ3n) is 5.30. The molecule has 0 aliphatic heterocycles. The van der Waals surface area contributed by atoms with E-state index in [1.807, 2.05) is 47.8 Å². The third-order valence-corrected chi connectivity index (χ3v) is 7.16. The number of benzene rings is 2. The normalized spacial score (nSPS) is 10.4. The molecule has 0 atom stereocenters. The maximum Gasteiger partial charge on any atom is 0.234 e. The van der Waals surface area contributed by atoms with Crippen molar-refractivity contribution in [2.75, 3.05) is 32.4 Å². The van der Waals surface area contributed by atoms with E-state index in [2.05, 4.69) is 11.4 Å². The van der Waals surface area contributed by atoms with Gasteiger partial charge in [0.05, 0.1) is 48.9 Å². The summed E-state index contributed by atoms with van der Waals surface area (Å²) in [6.45, 7) is 0. The van der Waals surface area contributed by atoms with E-state index in [1.54, 1.807) is 43.8 Å². The second-order valence-electron chi connectivity index (χ2n) is 7.46. The summed E-state index contributed by atoms with van der Waals surface area (Å²) in [5.41, 5.74) is 3.30. The zero-order valence-electron chi connectivity index (χ0n) is 19.9. The van der Waals surface area contributed by atoms with Crippen molar-refractivity contribution in [2.24, 2.45) is 0 Å². The van der Waals surface area contributed by atoms with E-state index >= 15 is 0 Å². The molecule has 36 heavy (non-hydrogen) atoms. The van der Waals surface area contributed by atoms with Gasteiger partial charge in [-0.1, -0.05) is 30.0 Å². The van der Waals surface area contributed by atoms with Crippen molar-refractivity contribution < 1.29 is 19.0 Å². The Morgan fingerprint density at radius 3 is 2.42 bits per heavy atom. The van der Waals surface area contributed by atoms with Crippen LogP contribution in [0.2, 0.25) is 0 Å². The van der Waals surface area contributed by atoms with E-state index in [9.17, 15) is 10.1 Å². The number of nitriles is 1. The molecular weight excluding hydrogens is 494 g/mol. The molecule has 2 heterocycles. The number of amides is 1. The van der Waals surface area contributed by atoms with Crippen LogP contribution in [0.25, 0.3) is 21.7 Å². The number of carbonyl (C=O) groups is 1. The molecule has 7 nitrogen and oxygen atoms in total. The second-order valence-corrected chi connectivity index (χ2v) is 9.37. The lowest BCUT2D eigenvalue weighted by atomic mass is 10.0. The lowest BCUT2D eigenvalue weighted by Gasteiger charge is -2.13. The van der Waals surface area contributed by atoms with E-state index in [0.29, 0.717) is 27.8 Å². The van der Waals surface area contributed by atoms with Crippen molar-refractivity contribution in [1.29, 1.82) is 5.26 Å². The highest BCUT2D eigenvalue weighted by Gasteiger charge is 2.18. The standard InChI is InChI=1S/C27H23N3O4S2/c1-32-18-8-6-17(7-9-18)20-14-23(25-5-4-12-35-25)30-27(21(20)15-28)36-16-26(31)29-22-11-10-19(33-2)13-24(22)34-3/h4-14H,16H2,1-3H3,(H,29,31). The van der Waals surface area contributed by atoms with Gasteiger partial charge in [-0.15, -0.1) is 11.3 Å². The van der Waals surface area contributed by atoms with Crippen LogP contribution in [0.5, 0.6) is 17.2 Å². The highest BCUT2D eigenvalue weighted by atomic mass is 32.2. The molecular formula is C27H23N3O4S2. The summed E-state index contributed by atoms with van der Waals surface area (Å²) in [5.74, 6) is 1.66. The smallest absolute Gasteiger partial charge is 0.234 e. The predicted octanol–water partition coefficient (Wildman–Crippen LogP) is 6.11. The van der Waals surface area contributed by atoms with Crippen molar-refractivity contribution >= 4 is 34.7 Å². The van der Waals surface area contributed by atoms with Gasteiger partial charge in [0, 0.05) is 11.6 Å². The van der Waals surface area contributed by atoms with E-state index in [0.717, 1.165) is 27.4 Å². The molecule has 1 N–H and O–H groups in total. The van der Waals surface area contributed by atoms with Crippen LogP contribution in [0.15, 0.2) is 71.1 Å². The Bertz CT molecular complexity index is 1400. The van der Waals surface area contributed by atoms with Crippen LogP contribution in [0.4, 0.5) is 5.69 Å². The van der Waals surface area contributed by atoms with Gasteiger partial charge in [0.2, 0.25) is 5.91 Å². The number of nitrogens with one attached hydrogen (secondary N) is 1. The summed E-state index contributed by atoms with van der Waals surface area (Å²) in [4.78, 5) is 18.5. The lowest BCUT2D eigenvalue weighted by Crippen LogP contribution is -2.15. The Hall–Kier alpha value is -4.00. The minimum Gasteiger partial charge on any atom is -0.497 e. The number of hydrogen-bond acceptors (Lipinski definition) is 8. The zero-order chi connectivity index (χ0) is 25.5. The topological polar surface area (TPSA) is 93.5 Å². The van der Waals surface area contributed by atoms with Crippen molar-refractivity contribution in [1.82, 2.24) is 4.98 Å². The van der Waals surface area contributed by atoms with Gasteiger partial charge in [0.1, 0.15) is 28.3 Å². The summed E-state index contributed by atoms with van der Waals surface area (Å²) in [6, 6.07) is 20.8. The van der Waals surface area contributed by atoms with E-state index in [-0.39, 0.29) is 11.7 Å². The van der Waals surface area contributed by atoms with Crippen LogP contribution in [-0.4, -0.2) is 38.0 Å². The van der Waals surface area contributed by atoms with Crippen molar-refractivity contribution in [3.63, 3.8) is 0 Å². The fourth-order valence-corrected chi connectivity index (χ4v) is 4.99. The molecule has 182 valence electrons. The Morgan fingerprint density at radius 1 is 1.03 bits per heavy atom. The quantitative estimate of drug-likeness (QED) is 0.268. The van der Waals surface area contributed by atoms with Gasteiger partial charge in [-0.05, 0) is 47.3 Å². The molecule has 1 amide bonds. The molecule has 4 rings (SSSR count). The molecule has 0 saturated heterocycles. The molecule has 2 aromatic heterocycles. The maximum atomic E-state index is 12.8. The van der Waals surface area contributed by atoms with E-state index in [1.165, 1.54) is 18.9 Å². The second kappa shape index (κ2) is 11.6. The first-order valence-electron chi connectivity index (χ1n) is 10.8. The monoisotopic (exact) mass is 517 g/mol. The number of rotatable bonds is 9. The molecule has 0 unspecified atom stereocenters. The van der Waals surface area contributed by atoms with Crippen LogP contribution in [0.1, 0.15) is 5.56 Å². The fraction of sp³-hybridized carbons (Fsp3) is 0.148. The number of thiophene rings is 1. The molecule has 0 saturated carbocycles. The first kappa shape index (κ1) is 25.1. The van der Waals surface area contributed by atoms with E-state index < -0.39 is 0 Å². The van der Waals surface area contributed by atoms with Crippen LogP contribution in [0, 0.1) is 11.3 Å². The largest absolute Gasteiger partial charge is 0.497 e. The summed E-state index contributed by atoms with van der Waals surface area (Å²) in [5, 5.41) is 15.4. The molecule has 0 bridgehead atoms. The number of thioether (sulfide) groups is 1. The van der Waals surface area contributed by atoms with Crippen LogP contribution < -0.4 is 19.5 Å². The number of hydrogen-bond donors (Lipinski definition) is 1.